The van der Waals surface area contributed by atoms with Crippen LogP contribution in [-0.2, 0) is 13.0 Å². The number of carbonyl (C=O) groups excluding carboxylic acids is 1. The van der Waals surface area contributed by atoms with Crippen LogP contribution in [0.3, 0.4) is 0 Å². The van der Waals surface area contributed by atoms with Crippen molar-refractivity contribution in [2.75, 3.05) is 13.1 Å². The van der Waals surface area contributed by atoms with Gasteiger partial charge in [-0.25, -0.2) is 14.5 Å². The summed E-state index contributed by atoms with van der Waals surface area (Å²) < 4.78 is 1.96. The van der Waals surface area contributed by atoms with Crippen molar-refractivity contribution in [2.24, 2.45) is 5.92 Å². The normalized spacial score (nSPS) is 21.9. The number of aryl methyl sites for hydroxylation is 2. The first-order valence-electron chi connectivity index (χ1n) is 9.75. The van der Waals surface area contributed by atoms with Crippen LogP contribution < -0.4 is 5.32 Å². The molecule has 1 aliphatic carbocycles. The Kier molecular flexibility index (Phi) is 4.76. The van der Waals surface area contributed by atoms with Gasteiger partial charge in [-0.3, -0.25) is 0 Å². The van der Waals surface area contributed by atoms with Gasteiger partial charge in [0.05, 0.1) is 6.04 Å². The van der Waals surface area contributed by atoms with Crippen molar-refractivity contribution in [3.8, 4) is 5.75 Å². The molecule has 2 heterocycles. The maximum absolute atomic E-state index is 12.8. The molecule has 2 atom stereocenters. The van der Waals surface area contributed by atoms with E-state index in [1.54, 1.807) is 6.07 Å². The van der Waals surface area contributed by atoms with E-state index in [-0.39, 0.29) is 12.1 Å². The van der Waals surface area contributed by atoms with Gasteiger partial charge in [-0.2, -0.15) is 5.10 Å². The SMILES string of the molecule is Cc1nc(C)n(CC2CCCN(C(=O)NC3CCc4c(O)cccc43)C2)n1. The van der Waals surface area contributed by atoms with E-state index < -0.39 is 0 Å². The fourth-order valence-electron chi connectivity index (χ4n) is 4.40. The number of nitrogens with zero attached hydrogens (tertiary/aromatic N) is 4. The molecule has 2 N–H and O–H groups in total. The van der Waals surface area contributed by atoms with Crippen molar-refractivity contribution in [3.63, 3.8) is 0 Å². The average molecular weight is 369 g/mol. The lowest BCUT2D eigenvalue weighted by Gasteiger charge is -2.33. The number of hydrogen-bond donors (Lipinski definition) is 2. The van der Waals surface area contributed by atoms with Gasteiger partial charge in [-0.05, 0) is 62.6 Å². The Labute approximate surface area is 159 Å². The summed E-state index contributed by atoms with van der Waals surface area (Å²) in [5.74, 6) is 2.45. The van der Waals surface area contributed by atoms with Crippen LogP contribution in [-0.4, -0.2) is 43.9 Å². The van der Waals surface area contributed by atoms with Crippen molar-refractivity contribution in [2.45, 2.75) is 52.1 Å². The highest BCUT2D eigenvalue weighted by Crippen LogP contribution is 2.36. The lowest BCUT2D eigenvalue weighted by Crippen LogP contribution is -2.47. The van der Waals surface area contributed by atoms with E-state index in [0.717, 1.165) is 68.1 Å². The zero-order valence-electron chi connectivity index (χ0n) is 16.0. The molecule has 27 heavy (non-hydrogen) atoms. The number of phenolic OH excluding ortho intramolecular Hbond substituents is 1. The largest absolute Gasteiger partial charge is 0.508 e. The van der Waals surface area contributed by atoms with Crippen LogP contribution in [0, 0.1) is 19.8 Å². The second-order valence-corrected chi connectivity index (χ2v) is 7.73. The van der Waals surface area contributed by atoms with Crippen LogP contribution in [0.25, 0.3) is 0 Å². The molecule has 2 unspecified atom stereocenters. The van der Waals surface area contributed by atoms with Crippen LogP contribution in [0.5, 0.6) is 5.75 Å². The minimum absolute atomic E-state index is 0.00705. The predicted molar refractivity (Wildman–Crippen MR) is 101 cm³/mol. The van der Waals surface area contributed by atoms with Crippen LogP contribution in [0.1, 0.15) is 48.1 Å². The topological polar surface area (TPSA) is 83.3 Å². The lowest BCUT2D eigenvalue weighted by molar-refractivity contribution is 0.154. The summed E-state index contributed by atoms with van der Waals surface area (Å²) in [4.78, 5) is 19.1. The van der Waals surface area contributed by atoms with E-state index in [0.29, 0.717) is 11.7 Å². The molecule has 1 aromatic heterocycles. The molecule has 4 rings (SSSR count). The minimum Gasteiger partial charge on any atom is -0.508 e. The number of hydrogen-bond acceptors (Lipinski definition) is 4. The standard InChI is InChI=1S/C20H27N5O2/c1-13-21-14(2)25(23-13)12-15-5-4-10-24(11-15)20(27)22-18-9-8-17-16(18)6-3-7-19(17)26/h3,6-7,15,18,26H,4-5,8-12H2,1-2H3,(H,22,27). The summed E-state index contributed by atoms with van der Waals surface area (Å²) in [5, 5.41) is 17.6. The fourth-order valence-corrected chi connectivity index (χ4v) is 4.40. The van der Waals surface area contributed by atoms with Crippen LogP contribution >= 0.6 is 0 Å². The number of amides is 2. The van der Waals surface area contributed by atoms with E-state index in [4.69, 9.17) is 0 Å². The van der Waals surface area contributed by atoms with E-state index in [1.165, 1.54) is 0 Å². The molecule has 1 saturated heterocycles. The predicted octanol–water partition coefficient (Wildman–Crippen LogP) is 2.71. The Morgan fingerprint density at radius 2 is 2.19 bits per heavy atom. The molecule has 1 aromatic carbocycles. The zero-order chi connectivity index (χ0) is 19.0. The van der Waals surface area contributed by atoms with Gasteiger partial charge in [0.1, 0.15) is 17.4 Å². The van der Waals surface area contributed by atoms with Gasteiger partial charge < -0.3 is 15.3 Å². The number of piperidine rings is 1. The Bertz CT molecular complexity index is 847. The Morgan fingerprint density at radius 1 is 1.33 bits per heavy atom. The molecule has 0 bridgehead atoms. The number of phenols is 1. The van der Waals surface area contributed by atoms with Gasteiger partial charge >= 0.3 is 6.03 Å². The molecule has 7 nitrogen and oxygen atoms in total. The third-order valence-electron chi connectivity index (χ3n) is 5.74. The Hall–Kier alpha value is -2.57. The molecule has 2 aromatic rings. The molecule has 1 aliphatic heterocycles. The smallest absolute Gasteiger partial charge is 0.317 e. The first-order chi connectivity index (χ1) is 13.0. The fraction of sp³-hybridized carbons (Fsp3) is 0.550. The van der Waals surface area contributed by atoms with Crippen LogP contribution in [0.2, 0.25) is 0 Å². The number of likely N-dealkylation sites (tertiary alicyclic amines) is 1. The summed E-state index contributed by atoms with van der Waals surface area (Å²) in [6.45, 7) is 6.21. The first kappa shape index (κ1) is 17.8. The number of fused-ring (bicyclic) bond motifs is 1. The van der Waals surface area contributed by atoms with Crippen molar-refractivity contribution in [1.82, 2.24) is 25.0 Å². The number of aromatic hydroxyl groups is 1. The second kappa shape index (κ2) is 7.21. The molecule has 0 saturated carbocycles. The van der Waals surface area contributed by atoms with Gasteiger partial charge in [0.25, 0.3) is 0 Å². The monoisotopic (exact) mass is 369 g/mol. The van der Waals surface area contributed by atoms with Gasteiger partial charge in [-0.1, -0.05) is 12.1 Å². The highest BCUT2D eigenvalue weighted by Gasteiger charge is 2.30. The van der Waals surface area contributed by atoms with Crippen molar-refractivity contribution < 1.29 is 9.90 Å². The highest BCUT2D eigenvalue weighted by molar-refractivity contribution is 5.75. The molecule has 7 heteroatoms. The summed E-state index contributed by atoms with van der Waals surface area (Å²) in [7, 11) is 0. The molecule has 0 spiro atoms. The highest BCUT2D eigenvalue weighted by atomic mass is 16.3. The van der Waals surface area contributed by atoms with Gasteiger partial charge in [0.15, 0.2) is 0 Å². The van der Waals surface area contributed by atoms with Crippen LogP contribution in [0.15, 0.2) is 18.2 Å². The van der Waals surface area contributed by atoms with E-state index in [9.17, 15) is 9.90 Å². The Balaban J connectivity index is 1.38. The van der Waals surface area contributed by atoms with Gasteiger partial charge in [-0.15, -0.1) is 0 Å². The molecule has 2 aliphatic rings. The van der Waals surface area contributed by atoms with Gasteiger partial charge in [0.2, 0.25) is 0 Å². The minimum atomic E-state index is -0.0137. The maximum atomic E-state index is 12.8. The van der Waals surface area contributed by atoms with E-state index in [2.05, 4.69) is 15.4 Å². The first-order valence-corrected chi connectivity index (χ1v) is 9.75. The summed E-state index contributed by atoms with van der Waals surface area (Å²) >= 11 is 0. The molecule has 0 radical (unpaired) electrons. The third kappa shape index (κ3) is 3.63. The van der Waals surface area contributed by atoms with Gasteiger partial charge in [0, 0.05) is 19.6 Å². The summed E-state index contributed by atoms with van der Waals surface area (Å²) in [6, 6.07) is 5.54. The number of carbonyl (C=O) groups is 1. The van der Waals surface area contributed by atoms with Crippen molar-refractivity contribution in [1.29, 1.82) is 0 Å². The van der Waals surface area contributed by atoms with Crippen molar-refractivity contribution in [3.05, 3.63) is 41.0 Å². The molecule has 144 valence electrons. The van der Waals surface area contributed by atoms with E-state index in [1.807, 2.05) is 35.6 Å². The quantitative estimate of drug-likeness (QED) is 0.871. The number of nitrogens with one attached hydrogen (secondary N) is 1. The van der Waals surface area contributed by atoms with Crippen LogP contribution in [0.4, 0.5) is 4.79 Å². The number of urea groups is 1. The number of aromatic nitrogens is 3. The molecular weight excluding hydrogens is 342 g/mol. The second-order valence-electron chi connectivity index (χ2n) is 7.73. The lowest BCUT2D eigenvalue weighted by atomic mass is 9.98. The summed E-state index contributed by atoms with van der Waals surface area (Å²) in [5.41, 5.74) is 2.02. The molecule has 1 fully saturated rings. The zero-order valence-corrected chi connectivity index (χ0v) is 16.0. The molecule has 2 amide bonds. The summed E-state index contributed by atoms with van der Waals surface area (Å²) in [6.07, 6.45) is 3.75. The average Bonchev–Trinajstić information content (AvgIpc) is 3.19. The van der Waals surface area contributed by atoms with Crippen molar-refractivity contribution >= 4 is 6.03 Å². The number of rotatable bonds is 3. The van der Waals surface area contributed by atoms with E-state index >= 15 is 0 Å². The third-order valence-corrected chi connectivity index (χ3v) is 5.74. The number of benzene rings is 1. The maximum Gasteiger partial charge on any atom is 0.317 e. The molecular formula is C20H27N5O2. The Morgan fingerprint density at radius 3 is 2.96 bits per heavy atom.